The van der Waals surface area contributed by atoms with Gasteiger partial charge in [0.05, 0.1) is 10.2 Å². The summed E-state index contributed by atoms with van der Waals surface area (Å²) in [6, 6.07) is 5.82. The van der Waals surface area contributed by atoms with E-state index in [1.54, 1.807) is 0 Å². The number of nitrogen functional groups attached to an aromatic ring is 1. The van der Waals surface area contributed by atoms with Crippen LogP contribution in [0.2, 0.25) is 0 Å². The number of nitrogens with zero attached hydrogens (tertiary/aromatic N) is 1. The van der Waals surface area contributed by atoms with Gasteiger partial charge in [-0.1, -0.05) is 44.4 Å². The second kappa shape index (κ2) is 7.41. The zero-order valence-electron chi connectivity index (χ0n) is 12.7. The number of nitrogens with two attached hydrogens (primary N) is 1. The Morgan fingerprint density at radius 1 is 1.33 bits per heavy atom. The Morgan fingerprint density at radius 2 is 2.14 bits per heavy atom. The summed E-state index contributed by atoms with van der Waals surface area (Å²) in [5, 5.41) is 3.69. The van der Waals surface area contributed by atoms with Gasteiger partial charge in [0.1, 0.15) is 0 Å². The predicted molar refractivity (Wildman–Crippen MR) is 89.7 cm³/mol. The molecule has 2 rings (SSSR count). The molecule has 1 heterocycles. The summed E-state index contributed by atoms with van der Waals surface area (Å²) in [6.45, 7) is 4.32. The first-order valence-electron chi connectivity index (χ1n) is 7.61. The number of thiazole rings is 1. The van der Waals surface area contributed by atoms with Crippen molar-refractivity contribution < 1.29 is 4.79 Å². The first-order valence-corrected chi connectivity index (χ1v) is 8.42. The molecule has 1 aromatic heterocycles. The van der Waals surface area contributed by atoms with Crippen LogP contribution in [0.4, 0.5) is 5.13 Å². The van der Waals surface area contributed by atoms with Crippen LogP contribution in [0.25, 0.3) is 10.2 Å². The van der Waals surface area contributed by atoms with Crippen molar-refractivity contribution in [3.8, 4) is 0 Å². The lowest BCUT2D eigenvalue weighted by Crippen LogP contribution is -2.34. The molecule has 21 heavy (non-hydrogen) atoms. The van der Waals surface area contributed by atoms with E-state index in [1.807, 2.05) is 18.2 Å². The van der Waals surface area contributed by atoms with Crippen LogP contribution in [-0.4, -0.2) is 16.9 Å². The Labute approximate surface area is 129 Å². The topological polar surface area (TPSA) is 68.0 Å². The van der Waals surface area contributed by atoms with Crippen molar-refractivity contribution in [1.82, 2.24) is 10.3 Å². The van der Waals surface area contributed by atoms with E-state index in [0.717, 1.165) is 42.3 Å². The lowest BCUT2D eigenvalue weighted by Gasteiger charge is -2.17. The van der Waals surface area contributed by atoms with E-state index in [-0.39, 0.29) is 11.9 Å². The number of carbonyl (C=O) groups is 1. The molecule has 2 aromatic rings. The summed E-state index contributed by atoms with van der Waals surface area (Å²) in [4.78, 5) is 16.6. The fraction of sp³-hybridized carbons (Fsp3) is 0.500. The summed E-state index contributed by atoms with van der Waals surface area (Å²) < 4.78 is 0.959. The van der Waals surface area contributed by atoms with Gasteiger partial charge in [0.2, 0.25) is 0 Å². The van der Waals surface area contributed by atoms with E-state index in [2.05, 4.69) is 24.1 Å². The van der Waals surface area contributed by atoms with E-state index >= 15 is 0 Å². The molecule has 1 unspecified atom stereocenters. The van der Waals surface area contributed by atoms with Crippen LogP contribution in [0.15, 0.2) is 18.2 Å². The van der Waals surface area contributed by atoms with Gasteiger partial charge in [-0.2, -0.15) is 0 Å². The highest BCUT2D eigenvalue weighted by Gasteiger charge is 2.14. The van der Waals surface area contributed by atoms with Gasteiger partial charge >= 0.3 is 0 Å². The van der Waals surface area contributed by atoms with E-state index in [0.29, 0.717) is 10.7 Å². The number of fused-ring (bicyclic) bond motifs is 1. The van der Waals surface area contributed by atoms with Crippen molar-refractivity contribution in [2.24, 2.45) is 0 Å². The molecule has 1 amide bonds. The van der Waals surface area contributed by atoms with Gasteiger partial charge in [-0.3, -0.25) is 4.79 Å². The average Bonchev–Trinajstić information content (AvgIpc) is 2.83. The summed E-state index contributed by atoms with van der Waals surface area (Å²) in [6.07, 6.45) is 5.46. The van der Waals surface area contributed by atoms with E-state index in [9.17, 15) is 4.79 Å². The van der Waals surface area contributed by atoms with Crippen LogP contribution in [0.5, 0.6) is 0 Å². The standard InChI is InChI=1S/C16H23N3OS/c1-3-5-7-12(6-4-2)18-15(20)11-8-9-13-14(10-11)21-16(17)19-13/h8-10,12H,3-7H2,1-2H3,(H2,17,19)(H,18,20). The minimum atomic E-state index is -0.00146. The summed E-state index contributed by atoms with van der Waals surface area (Å²) in [7, 11) is 0. The van der Waals surface area contributed by atoms with Crippen LogP contribution >= 0.6 is 11.3 Å². The van der Waals surface area contributed by atoms with Gasteiger partial charge in [-0.15, -0.1) is 0 Å². The van der Waals surface area contributed by atoms with Crippen LogP contribution in [0.1, 0.15) is 56.3 Å². The van der Waals surface area contributed by atoms with Crippen LogP contribution in [0, 0.1) is 0 Å². The van der Waals surface area contributed by atoms with Crippen molar-refractivity contribution in [2.45, 2.75) is 52.0 Å². The number of carbonyl (C=O) groups excluding carboxylic acids is 1. The molecule has 114 valence electrons. The van der Waals surface area contributed by atoms with Gasteiger partial charge in [0, 0.05) is 11.6 Å². The summed E-state index contributed by atoms with van der Waals surface area (Å²) in [5.74, 6) is -0.00146. The van der Waals surface area contributed by atoms with Gasteiger partial charge in [-0.25, -0.2) is 4.98 Å². The molecule has 0 saturated heterocycles. The smallest absolute Gasteiger partial charge is 0.251 e. The Morgan fingerprint density at radius 3 is 2.86 bits per heavy atom. The van der Waals surface area contributed by atoms with Gasteiger partial charge < -0.3 is 11.1 Å². The predicted octanol–water partition coefficient (Wildman–Crippen LogP) is 3.97. The molecule has 0 aliphatic carbocycles. The largest absolute Gasteiger partial charge is 0.375 e. The molecular weight excluding hydrogens is 282 g/mol. The molecule has 0 bridgehead atoms. The zero-order chi connectivity index (χ0) is 15.2. The highest BCUT2D eigenvalue weighted by atomic mass is 32.1. The monoisotopic (exact) mass is 305 g/mol. The minimum absolute atomic E-state index is 0.00146. The van der Waals surface area contributed by atoms with Gasteiger partial charge in [0.25, 0.3) is 5.91 Å². The SMILES string of the molecule is CCCCC(CCC)NC(=O)c1ccc2nc(N)sc2c1. The van der Waals surface area contributed by atoms with E-state index in [4.69, 9.17) is 5.73 Å². The van der Waals surface area contributed by atoms with Crippen molar-refractivity contribution >= 4 is 32.6 Å². The highest BCUT2D eigenvalue weighted by Crippen LogP contribution is 2.24. The number of benzene rings is 1. The fourth-order valence-corrected chi connectivity index (χ4v) is 3.21. The van der Waals surface area contributed by atoms with Crippen LogP contribution < -0.4 is 11.1 Å². The second-order valence-electron chi connectivity index (χ2n) is 5.34. The molecule has 1 atom stereocenters. The quantitative estimate of drug-likeness (QED) is 0.813. The third kappa shape index (κ3) is 4.17. The summed E-state index contributed by atoms with van der Waals surface area (Å²) in [5.41, 5.74) is 7.23. The third-order valence-corrected chi connectivity index (χ3v) is 4.39. The molecule has 3 N–H and O–H groups in total. The number of aromatic nitrogens is 1. The number of rotatable bonds is 7. The van der Waals surface area contributed by atoms with Crippen LogP contribution in [0.3, 0.4) is 0 Å². The van der Waals surface area contributed by atoms with Crippen molar-refractivity contribution in [3.63, 3.8) is 0 Å². The Balaban J connectivity index is 2.08. The lowest BCUT2D eigenvalue weighted by atomic mass is 10.0. The van der Waals surface area contributed by atoms with E-state index < -0.39 is 0 Å². The lowest BCUT2D eigenvalue weighted by molar-refractivity contribution is 0.0932. The fourth-order valence-electron chi connectivity index (χ4n) is 2.44. The first-order chi connectivity index (χ1) is 10.1. The maximum atomic E-state index is 12.4. The molecule has 0 fully saturated rings. The Kier molecular flexibility index (Phi) is 5.56. The molecule has 0 aliphatic rings. The maximum absolute atomic E-state index is 12.4. The van der Waals surface area contributed by atoms with Gasteiger partial charge in [0.15, 0.2) is 5.13 Å². The maximum Gasteiger partial charge on any atom is 0.251 e. The van der Waals surface area contributed by atoms with Crippen LogP contribution in [-0.2, 0) is 0 Å². The summed E-state index contributed by atoms with van der Waals surface area (Å²) >= 11 is 1.41. The number of unbranched alkanes of at least 4 members (excludes halogenated alkanes) is 1. The first kappa shape index (κ1) is 15.8. The minimum Gasteiger partial charge on any atom is -0.375 e. The molecular formula is C16H23N3OS. The van der Waals surface area contributed by atoms with Crippen molar-refractivity contribution in [3.05, 3.63) is 23.8 Å². The molecule has 0 spiro atoms. The molecule has 4 nitrogen and oxygen atoms in total. The van der Waals surface area contributed by atoms with E-state index in [1.165, 1.54) is 11.3 Å². The number of hydrogen-bond acceptors (Lipinski definition) is 4. The third-order valence-electron chi connectivity index (χ3n) is 3.55. The average molecular weight is 305 g/mol. The van der Waals surface area contributed by atoms with Crippen molar-refractivity contribution in [2.75, 3.05) is 5.73 Å². The molecule has 0 radical (unpaired) electrons. The number of anilines is 1. The number of amides is 1. The zero-order valence-corrected chi connectivity index (χ0v) is 13.5. The molecule has 0 aliphatic heterocycles. The van der Waals surface area contributed by atoms with Gasteiger partial charge in [-0.05, 0) is 31.0 Å². The Hall–Kier alpha value is -1.62. The Bertz CT molecular complexity index is 609. The highest BCUT2D eigenvalue weighted by molar-refractivity contribution is 7.22. The molecule has 5 heteroatoms. The number of nitrogens with one attached hydrogen (secondary N) is 1. The normalized spacial score (nSPS) is 12.5. The van der Waals surface area contributed by atoms with Crippen molar-refractivity contribution in [1.29, 1.82) is 0 Å². The number of hydrogen-bond donors (Lipinski definition) is 2. The molecule has 1 aromatic carbocycles. The second-order valence-corrected chi connectivity index (χ2v) is 6.40. The molecule has 0 saturated carbocycles.